The van der Waals surface area contributed by atoms with Crippen molar-refractivity contribution in [2.24, 2.45) is 0 Å². The summed E-state index contributed by atoms with van der Waals surface area (Å²) in [6.07, 6.45) is 11.2. The lowest BCUT2D eigenvalue weighted by atomic mass is 9.89. The second kappa shape index (κ2) is 6.60. The van der Waals surface area contributed by atoms with E-state index in [1.54, 1.807) is 0 Å². The molecular weight excluding hydrogens is 310 g/mol. The monoisotopic (exact) mass is 341 g/mol. The van der Waals surface area contributed by atoms with Gasteiger partial charge in [0.1, 0.15) is 0 Å². The van der Waals surface area contributed by atoms with E-state index in [9.17, 15) is 0 Å². The number of hydrogen-bond acceptors (Lipinski definition) is 3. The number of rotatable bonds is 4. The van der Waals surface area contributed by atoms with E-state index >= 15 is 0 Å². The Morgan fingerprint density at radius 2 is 1.28 bits per heavy atom. The zero-order valence-electron chi connectivity index (χ0n) is 16.0. The van der Waals surface area contributed by atoms with E-state index in [1.165, 1.54) is 35.4 Å². The Kier molecular flexibility index (Phi) is 4.44. The quantitative estimate of drug-likeness (QED) is 0.929. The van der Waals surface area contributed by atoms with Crippen molar-refractivity contribution in [3.05, 3.63) is 34.9 Å². The molecule has 2 aromatic heterocycles. The summed E-state index contributed by atoms with van der Waals surface area (Å²) in [5.74, 6) is 0. The first-order valence-corrected chi connectivity index (χ1v) is 9.89. The molecule has 0 spiro atoms. The van der Waals surface area contributed by atoms with Gasteiger partial charge in [-0.3, -0.25) is 9.36 Å². The van der Waals surface area contributed by atoms with Gasteiger partial charge in [-0.15, -0.1) is 0 Å². The van der Waals surface area contributed by atoms with Crippen molar-refractivity contribution in [3.63, 3.8) is 0 Å². The Bertz CT molecular complexity index is 677. The molecule has 0 aliphatic heterocycles. The molecule has 25 heavy (non-hydrogen) atoms. The van der Waals surface area contributed by atoms with Gasteiger partial charge in [-0.1, -0.05) is 0 Å². The Morgan fingerprint density at radius 3 is 1.68 bits per heavy atom. The van der Waals surface area contributed by atoms with Gasteiger partial charge in [-0.2, -0.15) is 10.2 Å². The third kappa shape index (κ3) is 3.14. The van der Waals surface area contributed by atoms with Gasteiger partial charge < -0.3 is 5.32 Å². The summed E-state index contributed by atoms with van der Waals surface area (Å²) < 4.78 is 4.41. The molecule has 0 saturated heterocycles. The molecule has 2 heterocycles. The van der Waals surface area contributed by atoms with Gasteiger partial charge in [0.05, 0.1) is 12.4 Å². The first-order valence-electron chi connectivity index (χ1n) is 9.89. The molecule has 2 aliphatic carbocycles. The summed E-state index contributed by atoms with van der Waals surface area (Å²) in [5.41, 5.74) is 5.80. The van der Waals surface area contributed by atoms with E-state index in [2.05, 4.69) is 65.0 Å². The normalized spacial score (nSPS) is 23.1. The first-order chi connectivity index (χ1) is 12.0. The minimum Gasteiger partial charge on any atom is -0.311 e. The molecule has 0 aromatic carbocycles. The van der Waals surface area contributed by atoms with Crippen LogP contribution in [0.5, 0.6) is 0 Å². The molecule has 0 bridgehead atoms. The first kappa shape index (κ1) is 16.8. The minimum absolute atomic E-state index is 0.461. The highest BCUT2D eigenvalue weighted by atomic mass is 15.3. The summed E-state index contributed by atoms with van der Waals surface area (Å²) in [5, 5.41) is 13.2. The van der Waals surface area contributed by atoms with Gasteiger partial charge >= 0.3 is 0 Å². The Hall–Kier alpha value is -1.62. The third-order valence-electron chi connectivity index (χ3n) is 5.81. The number of hydrogen-bond donors (Lipinski definition) is 1. The molecule has 136 valence electrons. The molecule has 2 aromatic rings. The van der Waals surface area contributed by atoms with Crippen LogP contribution in [0.2, 0.25) is 0 Å². The highest BCUT2D eigenvalue weighted by Crippen LogP contribution is 2.27. The maximum atomic E-state index is 4.61. The maximum Gasteiger partial charge on any atom is 0.0525 e. The molecule has 0 fully saturated rings. The fourth-order valence-electron chi connectivity index (χ4n) is 4.60. The Labute approximate surface area is 150 Å². The van der Waals surface area contributed by atoms with Crippen molar-refractivity contribution >= 4 is 0 Å². The molecule has 1 N–H and O–H groups in total. The van der Waals surface area contributed by atoms with E-state index in [1.807, 2.05) is 0 Å². The van der Waals surface area contributed by atoms with Gasteiger partial charge in [-0.05, 0) is 77.3 Å². The second-order valence-electron chi connectivity index (χ2n) is 8.36. The zero-order valence-corrected chi connectivity index (χ0v) is 16.0. The van der Waals surface area contributed by atoms with Crippen LogP contribution in [-0.4, -0.2) is 31.6 Å². The van der Waals surface area contributed by atoms with E-state index in [0.29, 0.717) is 24.2 Å². The van der Waals surface area contributed by atoms with E-state index in [0.717, 1.165) is 25.7 Å². The van der Waals surface area contributed by atoms with Crippen LogP contribution in [-0.2, 0) is 25.7 Å². The number of aromatic nitrogens is 4. The number of nitrogens with zero attached hydrogens (tertiary/aromatic N) is 4. The maximum absolute atomic E-state index is 4.61. The summed E-state index contributed by atoms with van der Waals surface area (Å²) in [6, 6.07) is 2.10. The molecule has 0 radical (unpaired) electrons. The van der Waals surface area contributed by atoms with Crippen molar-refractivity contribution < 1.29 is 0 Å². The summed E-state index contributed by atoms with van der Waals surface area (Å²) in [7, 11) is 0. The van der Waals surface area contributed by atoms with Crippen LogP contribution in [0, 0.1) is 0 Å². The average molecular weight is 342 g/mol. The fraction of sp³-hybridized carbons (Fsp3) is 0.700. The van der Waals surface area contributed by atoms with Crippen LogP contribution >= 0.6 is 0 Å². The lowest BCUT2D eigenvalue weighted by molar-refractivity contribution is 0.355. The highest BCUT2D eigenvalue weighted by molar-refractivity contribution is 5.25. The second-order valence-corrected chi connectivity index (χ2v) is 8.36. The molecule has 2 atom stereocenters. The molecule has 0 unspecified atom stereocenters. The van der Waals surface area contributed by atoms with Gasteiger partial charge in [0.2, 0.25) is 0 Å². The largest absolute Gasteiger partial charge is 0.311 e. The third-order valence-corrected chi connectivity index (χ3v) is 5.81. The smallest absolute Gasteiger partial charge is 0.0525 e. The van der Waals surface area contributed by atoms with Crippen LogP contribution in [0.25, 0.3) is 0 Å². The van der Waals surface area contributed by atoms with Crippen molar-refractivity contribution in [2.75, 3.05) is 0 Å². The highest BCUT2D eigenvalue weighted by Gasteiger charge is 2.28. The van der Waals surface area contributed by atoms with Crippen LogP contribution in [0.4, 0.5) is 0 Å². The van der Waals surface area contributed by atoms with Crippen molar-refractivity contribution in [1.29, 1.82) is 0 Å². The molecule has 0 amide bonds. The summed E-state index contributed by atoms with van der Waals surface area (Å²) >= 11 is 0. The predicted molar refractivity (Wildman–Crippen MR) is 100.0 cm³/mol. The molecular formula is C20H31N5. The average Bonchev–Trinajstić information content (AvgIpc) is 3.17. The summed E-state index contributed by atoms with van der Waals surface area (Å²) in [4.78, 5) is 0. The van der Waals surface area contributed by atoms with Gasteiger partial charge in [0.15, 0.2) is 0 Å². The lowest BCUT2D eigenvalue weighted by Gasteiger charge is -2.31. The molecule has 2 aliphatic rings. The fourth-order valence-corrected chi connectivity index (χ4v) is 4.60. The SMILES string of the molecule is CC(C)n1ncc2c1CC[C@@H](N[C@H]1CCc3c(cnn3C(C)C)C1)C2. The van der Waals surface area contributed by atoms with Crippen LogP contribution in [0.3, 0.4) is 0 Å². The van der Waals surface area contributed by atoms with Gasteiger partial charge in [0, 0.05) is 35.6 Å². The molecule has 4 rings (SSSR count). The molecule has 5 heteroatoms. The number of nitrogens with one attached hydrogen (secondary N) is 1. The van der Waals surface area contributed by atoms with Crippen LogP contribution in [0.15, 0.2) is 12.4 Å². The Balaban J connectivity index is 1.40. The Morgan fingerprint density at radius 1 is 0.840 bits per heavy atom. The standard InChI is InChI=1S/C20H31N5/c1-13(2)24-19-7-5-17(9-15(19)11-21-24)23-18-6-8-20-16(10-18)12-22-25(20)14(3)4/h11-14,17-18,23H,5-10H2,1-4H3/t17-,18+. The molecule has 5 nitrogen and oxygen atoms in total. The van der Waals surface area contributed by atoms with Gasteiger partial charge in [0.25, 0.3) is 0 Å². The van der Waals surface area contributed by atoms with E-state index in [-0.39, 0.29) is 0 Å². The van der Waals surface area contributed by atoms with E-state index < -0.39 is 0 Å². The van der Waals surface area contributed by atoms with Crippen LogP contribution in [0.1, 0.15) is 75.1 Å². The van der Waals surface area contributed by atoms with Crippen molar-refractivity contribution in [1.82, 2.24) is 24.9 Å². The summed E-state index contributed by atoms with van der Waals surface area (Å²) in [6.45, 7) is 8.87. The topological polar surface area (TPSA) is 47.7 Å². The van der Waals surface area contributed by atoms with Crippen LogP contribution < -0.4 is 5.32 Å². The predicted octanol–water partition coefficient (Wildman–Crippen LogP) is 3.25. The van der Waals surface area contributed by atoms with Crippen molar-refractivity contribution in [3.8, 4) is 0 Å². The zero-order chi connectivity index (χ0) is 17.6. The van der Waals surface area contributed by atoms with Gasteiger partial charge in [-0.25, -0.2) is 0 Å². The number of fused-ring (bicyclic) bond motifs is 2. The van der Waals surface area contributed by atoms with E-state index in [4.69, 9.17) is 0 Å². The lowest BCUT2D eigenvalue weighted by Crippen LogP contribution is -2.44. The minimum atomic E-state index is 0.461. The molecule has 0 saturated carbocycles. The van der Waals surface area contributed by atoms with Crippen molar-refractivity contribution in [2.45, 2.75) is 90.4 Å².